The second kappa shape index (κ2) is 11.9. The van der Waals surface area contributed by atoms with Gasteiger partial charge in [-0.15, -0.1) is 0 Å². The predicted octanol–water partition coefficient (Wildman–Crippen LogP) is 4.99. The van der Waals surface area contributed by atoms with Crippen molar-refractivity contribution in [3.8, 4) is 17.3 Å². The minimum absolute atomic E-state index is 0.00535. The lowest BCUT2D eigenvalue weighted by molar-refractivity contribution is -0.385. The Morgan fingerprint density at radius 2 is 1.98 bits per heavy atom. The zero-order valence-electron chi connectivity index (χ0n) is 21.8. The van der Waals surface area contributed by atoms with Crippen molar-refractivity contribution in [1.82, 2.24) is 19.8 Å². The summed E-state index contributed by atoms with van der Waals surface area (Å²) in [4.78, 5) is 23.4. The molecule has 0 saturated carbocycles. The van der Waals surface area contributed by atoms with Crippen molar-refractivity contribution in [3.63, 3.8) is 0 Å². The van der Waals surface area contributed by atoms with Crippen molar-refractivity contribution in [2.45, 2.75) is 32.2 Å². The quantitative estimate of drug-likeness (QED) is 0.183. The van der Waals surface area contributed by atoms with Crippen LogP contribution in [0.25, 0.3) is 5.69 Å². The van der Waals surface area contributed by atoms with Crippen LogP contribution in [0.4, 0.5) is 5.69 Å². The van der Waals surface area contributed by atoms with Crippen LogP contribution in [-0.2, 0) is 16.6 Å². The average molecular weight is 588 g/mol. The summed E-state index contributed by atoms with van der Waals surface area (Å²) in [5.41, 5.74) is 0.287. The van der Waals surface area contributed by atoms with Crippen molar-refractivity contribution < 1.29 is 27.3 Å². The molecule has 40 heavy (non-hydrogen) atoms. The molecule has 0 aliphatic rings. The number of non-ortho nitro benzene ring substituents is 1. The van der Waals surface area contributed by atoms with E-state index >= 15 is 0 Å². The molecule has 2 aromatic heterocycles. The molecule has 12 nitrogen and oxygen atoms in total. The van der Waals surface area contributed by atoms with E-state index in [0.29, 0.717) is 16.5 Å². The van der Waals surface area contributed by atoms with Crippen LogP contribution < -0.4 is 14.8 Å². The van der Waals surface area contributed by atoms with E-state index in [9.17, 15) is 23.3 Å². The zero-order valence-corrected chi connectivity index (χ0v) is 23.3. The fraction of sp³-hybridized carbons (Fsp3) is 0.231. The normalized spacial score (nSPS) is 11.5. The number of benzene rings is 2. The summed E-state index contributed by atoms with van der Waals surface area (Å²) in [6.07, 6.45) is 1.48. The Morgan fingerprint density at radius 3 is 2.62 bits per heavy atom. The Labute approximate surface area is 235 Å². The summed E-state index contributed by atoms with van der Waals surface area (Å²) in [6.45, 7) is 5.43. The molecule has 0 bridgehead atoms. The van der Waals surface area contributed by atoms with E-state index in [4.69, 9.17) is 20.8 Å². The topological polar surface area (TPSA) is 159 Å². The molecule has 4 aromatic rings. The summed E-state index contributed by atoms with van der Waals surface area (Å²) in [5, 5.41) is 19.0. The molecule has 0 aliphatic carbocycles. The third-order valence-corrected chi connectivity index (χ3v) is 7.34. The molecular weight excluding hydrogens is 562 g/mol. The minimum Gasteiger partial charge on any atom is -0.467 e. The van der Waals surface area contributed by atoms with Gasteiger partial charge in [-0.2, -0.15) is 9.78 Å². The van der Waals surface area contributed by atoms with E-state index < -0.39 is 31.4 Å². The van der Waals surface area contributed by atoms with E-state index in [1.807, 2.05) is 13.8 Å². The summed E-state index contributed by atoms with van der Waals surface area (Å²) < 4.78 is 41.5. The Kier molecular flexibility index (Phi) is 8.57. The number of furan rings is 1. The second-order valence-electron chi connectivity index (χ2n) is 9.17. The maximum Gasteiger partial charge on any atom is 0.272 e. The summed E-state index contributed by atoms with van der Waals surface area (Å²) in [7, 11) is -4.22. The van der Waals surface area contributed by atoms with E-state index in [-0.39, 0.29) is 41.9 Å². The van der Waals surface area contributed by atoms with Crippen molar-refractivity contribution in [1.29, 1.82) is 0 Å². The number of hydrogen-bond acceptors (Lipinski definition) is 8. The third-order valence-electron chi connectivity index (χ3n) is 5.66. The van der Waals surface area contributed by atoms with E-state index in [1.54, 1.807) is 43.3 Å². The Balaban J connectivity index is 1.80. The van der Waals surface area contributed by atoms with Gasteiger partial charge in [0.25, 0.3) is 11.6 Å². The molecule has 0 unspecified atom stereocenters. The molecule has 4 rings (SSSR count). The number of nitro groups is 1. The summed E-state index contributed by atoms with van der Waals surface area (Å²) in [5.74, 6) is -0.206. The van der Waals surface area contributed by atoms with Gasteiger partial charge in [0.1, 0.15) is 16.4 Å². The molecule has 0 spiro atoms. The van der Waals surface area contributed by atoms with Crippen LogP contribution in [0.5, 0.6) is 11.6 Å². The molecule has 0 radical (unpaired) electrons. The van der Waals surface area contributed by atoms with E-state index in [1.165, 1.54) is 17.0 Å². The highest BCUT2D eigenvalue weighted by Gasteiger charge is 2.28. The highest BCUT2D eigenvalue weighted by Crippen LogP contribution is 2.36. The highest BCUT2D eigenvalue weighted by molar-refractivity contribution is 7.89. The zero-order chi connectivity index (χ0) is 29.0. The number of amides is 1. The van der Waals surface area contributed by atoms with Crippen molar-refractivity contribution in [2.24, 2.45) is 5.92 Å². The van der Waals surface area contributed by atoms with Gasteiger partial charge in [-0.05, 0) is 49.2 Å². The lowest BCUT2D eigenvalue weighted by Crippen LogP contribution is -2.28. The number of sulfonamides is 1. The molecule has 2 N–H and O–H groups in total. The van der Waals surface area contributed by atoms with Gasteiger partial charge in [0.05, 0.1) is 23.4 Å². The summed E-state index contributed by atoms with van der Waals surface area (Å²) in [6, 6.07) is 13.2. The lowest BCUT2D eigenvalue weighted by atomic mass is 10.2. The number of carbonyl (C=O) groups excluding carboxylic acids is 1. The Hall–Kier alpha value is -4.20. The van der Waals surface area contributed by atoms with Crippen molar-refractivity contribution in [2.75, 3.05) is 6.54 Å². The third kappa shape index (κ3) is 6.50. The number of carbonyl (C=O) groups is 1. The van der Waals surface area contributed by atoms with Gasteiger partial charge < -0.3 is 14.5 Å². The van der Waals surface area contributed by atoms with Crippen LogP contribution in [0.1, 0.15) is 35.7 Å². The molecule has 2 heterocycles. The first-order valence-corrected chi connectivity index (χ1v) is 13.9. The number of halogens is 1. The molecule has 0 saturated heterocycles. The molecule has 14 heteroatoms. The van der Waals surface area contributed by atoms with Crippen LogP contribution in [0.3, 0.4) is 0 Å². The van der Waals surface area contributed by atoms with Gasteiger partial charge in [-0.1, -0.05) is 31.5 Å². The van der Waals surface area contributed by atoms with Crippen LogP contribution >= 0.6 is 11.6 Å². The minimum atomic E-state index is -4.22. The standard InChI is InChI=1S/C26H26ClN5O7S/c1-16(2)14-29-40(36,37)23-13-20(32(34)35)9-10-22(23)39-26-17(3)24(25(33)28-15-21-8-5-11-38-21)30-31(26)19-7-4-6-18(27)12-19/h4-13,16,29H,14-15H2,1-3H3,(H,28,33). The molecule has 0 fully saturated rings. The number of nitrogens with zero attached hydrogens (tertiary/aromatic N) is 3. The number of nitrogens with one attached hydrogen (secondary N) is 2. The van der Waals surface area contributed by atoms with Crippen LogP contribution in [0.2, 0.25) is 5.02 Å². The van der Waals surface area contributed by atoms with Gasteiger partial charge in [0, 0.05) is 29.3 Å². The number of rotatable bonds is 11. The Morgan fingerprint density at radius 1 is 1.20 bits per heavy atom. The first kappa shape index (κ1) is 28.8. The fourth-order valence-corrected chi connectivity index (χ4v) is 5.17. The fourth-order valence-electron chi connectivity index (χ4n) is 3.63. The number of nitro benzene ring substituents is 1. The van der Waals surface area contributed by atoms with Crippen LogP contribution in [-0.4, -0.2) is 35.6 Å². The SMILES string of the molecule is Cc1c(C(=O)NCc2ccco2)nn(-c2cccc(Cl)c2)c1Oc1ccc([N+](=O)[O-])cc1S(=O)(=O)NCC(C)C. The van der Waals surface area contributed by atoms with Gasteiger partial charge in [-0.3, -0.25) is 14.9 Å². The predicted molar refractivity (Wildman–Crippen MR) is 146 cm³/mol. The van der Waals surface area contributed by atoms with Crippen molar-refractivity contribution >= 4 is 33.2 Å². The summed E-state index contributed by atoms with van der Waals surface area (Å²) >= 11 is 6.19. The van der Waals surface area contributed by atoms with Gasteiger partial charge >= 0.3 is 0 Å². The highest BCUT2D eigenvalue weighted by atomic mass is 35.5. The Bertz CT molecular complexity index is 1650. The number of aromatic nitrogens is 2. The monoisotopic (exact) mass is 587 g/mol. The maximum atomic E-state index is 13.2. The molecule has 2 aromatic carbocycles. The van der Waals surface area contributed by atoms with Gasteiger partial charge in [-0.25, -0.2) is 13.1 Å². The molecule has 0 atom stereocenters. The maximum absolute atomic E-state index is 13.2. The van der Waals surface area contributed by atoms with E-state index in [2.05, 4.69) is 15.1 Å². The number of hydrogen-bond donors (Lipinski definition) is 2. The first-order valence-electron chi connectivity index (χ1n) is 12.1. The van der Waals surface area contributed by atoms with Crippen molar-refractivity contribution in [3.05, 3.63) is 93.0 Å². The molecule has 0 aliphatic heterocycles. The molecule has 1 amide bonds. The first-order chi connectivity index (χ1) is 19.0. The van der Waals surface area contributed by atoms with Crippen LogP contribution in [0, 0.1) is 23.0 Å². The van der Waals surface area contributed by atoms with Gasteiger partial charge in [0.15, 0.2) is 5.69 Å². The number of ether oxygens (including phenoxy) is 1. The molecular formula is C26H26ClN5O7S. The van der Waals surface area contributed by atoms with E-state index in [0.717, 1.165) is 12.1 Å². The smallest absolute Gasteiger partial charge is 0.272 e. The van der Waals surface area contributed by atoms with Crippen LogP contribution in [0.15, 0.2) is 70.2 Å². The lowest BCUT2D eigenvalue weighted by Gasteiger charge is -2.15. The second-order valence-corrected chi connectivity index (χ2v) is 11.3. The average Bonchev–Trinajstić information content (AvgIpc) is 3.54. The molecule has 210 valence electrons. The largest absolute Gasteiger partial charge is 0.467 e. The van der Waals surface area contributed by atoms with Gasteiger partial charge in [0.2, 0.25) is 15.9 Å².